The van der Waals surface area contributed by atoms with Crippen molar-refractivity contribution < 1.29 is 18.4 Å². The Morgan fingerprint density at radius 3 is 2.58 bits per heavy atom. The van der Waals surface area contributed by atoms with E-state index in [4.69, 9.17) is 19.9 Å². The Hall–Kier alpha value is -1.11. The number of nitrogens with two attached hydrogens (primary N) is 1. The van der Waals surface area contributed by atoms with Crippen molar-refractivity contribution in [1.29, 1.82) is 0 Å². The van der Waals surface area contributed by atoms with E-state index >= 15 is 0 Å². The van der Waals surface area contributed by atoms with Gasteiger partial charge in [-0.25, -0.2) is 0 Å². The van der Waals surface area contributed by atoms with Gasteiger partial charge in [-0.3, -0.25) is 4.21 Å². The van der Waals surface area contributed by atoms with Crippen LogP contribution in [0.1, 0.15) is 11.6 Å². The molecule has 2 N–H and O–H groups in total. The van der Waals surface area contributed by atoms with Crippen LogP contribution in [-0.4, -0.2) is 43.7 Å². The van der Waals surface area contributed by atoms with Gasteiger partial charge in [-0.05, 0) is 18.2 Å². The zero-order valence-electron chi connectivity index (χ0n) is 11.5. The molecule has 5 nitrogen and oxygen atoms in total. The maximum absolute atomic E-state index is 11.8. The molecule has 0 saturated heterocycles. The van der Waals surface area contributed by atoms with Gasteiger partial charge < -0.3 is 19.9 Å². The first-order valence-corrected chi connectivity index (χ1v) is 7.42. The van der Waals surface area contributed by atoms with Crippen molar-refractivity contribution >= 4 is 10.8 Å². The number of ether oxygens (including phenoxy) is 3. The van der Waals surface area contributed by atoms with Gasteiger partial charge in [-0.1, -0.05) is 0 Å². The lowest BCUT2D eigenvalue weighted by atomic mass is 10.1. The predicted octanol–water partition coefficient (Wildman–Crippen LogP) is 1.10. The summed E-state index contributed by atoms with van der Waals surface area (Å²) in [6.07, 6.45) is 0. The summed E-state index contributed by atoms with van der Waals surface area (Å²) in [5.74, 6) is 2.23. The molecule has 1 aromatic carbocycles. The molecule has 6 heteroatoms. The highest BCUT2D eigenvalue weighted by Crippen LogP contribution is 2.28. The SMILES string of the molecule is COCCS(=O)CC(N)c1cc(OC)ccc1OC. The molecule has 0 radical (unpaired) electrons. The van der Waals surface area contributed by atoms with E-state index in [0.717, 1.165) is 5.56 Å². The average Bonchev–Trinajstić information content (AvgIpc) is 2.44. The van der Waals surface area contributed by atoms with Crippen LogP contribution in [0.2, 0.25) is 0 Å². The lowest BCUT2D eigenvalue weighted by Gasteiger charge is -2.16. The predicted molar refractivity (Wildman–Crippen MR) is 76.2 cm³/mol. The molecule has 2 unspecified atom stereocenters. The Kier molecular flexibility index (Phi) is 6.83. The van der Waals surface area contributed by atoms with Crippen LogP contribution in [-0.2, 0) is 15.5 Å². The molecule has 0 aromatic heterocycles. The van der Waals surface area contributed by atoms with Crippen molar-refractivity contribution in [3.05, 3.63) is 23.8 Å². The standard InChI is InChI=1S/C13H21NO4S/c1-16-6-7-19(15)9-12(14)11-8-10(17-2)4-5-13(11)18-3/h4-5,8,12H,6-7,9,14H2,1-3H3. The molecule has 0 saturated carbocycles. The number of benzene rings is 1. The van der Waals surface area contributed by atoms with E-state index in [0.29, 0.717) is 29.6 Å². The first kappa shape index (κ1) is 15.9. The van der Waals surface area contributed by atoms with Crippen LogP contribution in [0.25, 0.3) is 0 Å². The van der Waals surface area contributed by atoms with Crippen LogP contribution < -0.4 is 15.2 Å². The van der Waals surface area contributed by atoms with Crippen LogP contribution in [0.3, 0.4) is 0 Å². The molecular weight excluding hydrogens is 266 g/mol. The highest BCUT2D eigenvalue weighted by atomic mass is 32.2. The quantitative estimate of drug-likeness (QED) is 0.775. The van der Waals surface area contributed by atoms with Crippen molar-refractivity contribution in [2.75, 3.05) is 39.4 Å². The van der Waals surface area contributed by atoms with Crippen LogP contribution in [0.15, 0.2) is 18.2 Å². The zero-order chi connectivity index (χ0) is 14.3. The second-order valence-corrected chi connectivity index (χ2v) is 5.64. The normalized spacial score (nSPS) is 13.9. The molecule has 0 bridgehead atoms. The number of rotatable bonds is 8. The summed E-state index contributed by atoms with van der Waals surface area (Å²) in [6.45, 7) is 0.467. The minimum atomic E-state index is -1.02. The second kappa shape index (κ2) is 8.14. The summed E-state index contributed by atoms with van der Waals surface area (Å²) in [7, 11) is 3.74. The van der Waals surface area contributed by atoms with Gasteiger partial charge in [0.15, 0.2) is 0 Å². The van der Waals surface area contributed by atoms with Crippen LogP contribution in [0.4, 0.5) is 0 Å². The summed E-state index contributed by atoms with van der Waals surface area (Å²) in [6, 6.07) is 5.06. The van der Waals surface area contributed by atoms with Gasteiger partial charge in [-0.15, -0.1) is 0 Å². The molecular formula is C13H21NO4S. The van der Waals surface area contributed by atoms with Gasteiger partial charge in [0.2, 0.25) is 0 Å². The van der Waals surface area contributed by atoms with E-state index in [9.17, 15) is 4.21 Å². The van der Waals surface area contributed by atoms with Crippen molar-refractivity contribution in [2.45, 2.75) is 6.04 Å². The summed E-state index contributed by atoms with van der Waals surface area (Å²) in [5.41, 5.74) is 6.90. The molecule has 19 heavy (non-hydrogen) atoms. The van der Waals surface area contributed by atoms with Crippen LogP contribution >= 0.6 is 0 Å². The van der Waals surface area contributed by atoms with Crippen LogP contribution in [0.5, 0.6) is 11.5 Å². The van der Waals surface area contributed by atoms with E-state index in [2.05, 4.69) is 0 Å². The lowest BCUT2D eigenvalue weighted by molar-refractivity contribution is 0.218. The van der Waals surface area contributed by atoms with Crippen molar-refractivity contribution in [1.82, 2.24) is 0 Å². The van der Waals surface area contributed by atoms with Crippen molar-refractivity contribution in [3.63, 3.8) is 0 Å². The molecule has 1 rings (SSSR count). The second-order valence-electron chi connectivity index (χ2n) is 4.02. The monoisotopic (exact) mass is 287 g/mol. The maximum Gasteiger partial charge on any atom is 0.123 e. The summed E-state index contributed by atoms with van der Waals surface area (Å²) in [5, 5.41) is 0. The average molecular weight is 287 g/mol. The number of hydrogen-bond acceptors (Lipinski definition) is 5. The Morgan fingerprint density at radius 1 is 1.26 bits per heavy atom. The highest BCUT2D eigenvalue weighted by Gasteiger charge is 2.16. The fourth-order valence-electron chi connectivity index (χ4n) is 1.68. The zero-order valence-corrected chi connectivity index (χ0v) is 12.4. The molecule has 0 aliphatic heterocycles. The first-order chi connectivity index (χ1) is 9.12. The molecule has 0 heterocycles. The minimum Gasteiger partial charge on any atom is -0.497 e. The fourth-order valence-corrected chi connectivity index (χ4v) is 2.78. The third-order valence-electron chi connectivity index (χ3n) is 2.72. The number of methoxy groups -OCH3 is 3. The maximum atomic E-state index is 11.8. The minimum absolute atomic E-state index is 0.359. The molecule has 2 atom stereocenters. The van der Waals surface area contributed by atoms with Gasteiger partial charge in [0.05, 0.1) is 20.8 Å². The van der Waals surface area contributed by atoms with Crippen LogP contribution in [0, 0.1) is 0 Å². The molecule has 0 fully saturated rings. The Balaban J connectivity index is 2.79. The van der Waals surface area contributed by atoms with Gasteiger partial charge in [0.1, 0.15) is 11.5 Å². The van der Waals surface area contributed by atoms with Gasteiger partial charge in [-0.2, -0.15) is 0 Å². The molecule has 0 aliphatic carbocycles. The van der Waals surface area contributed by atoms with E-state index < -0.39 is 10.8 Å². The third-order valence-corrected chi connectivity index (χ3v) is 4.07. The molecule has 1 aromatic rings. The Bertz CT molecular complexity index is 425. The third kappa shape index (κ3) is 4.81. The fraction of sp³-hybridized carbons (Fsp3) is 0.538. The van der Waals surface area contributed by atoms with Gasteiger partial charge >= 0.3 is 0 Å². The summed E-state index contributed by atoms with van der Waals surface area (Å²) in [4.78, 5) is 0. The van der Waals surface area contributed by atoms with E-state index in [1.54, 1.807) is 33.5 Å². The summed E-state index contributed by atoms with van der Waals surface area (Å²) < 4.78 is 27.2. The number of hydrogen-bond donors (Lipinski definition) is 1. The molecule has 0 aliphatic rings. The van der Waals surface area contributed by atoms with E-state index in [1.165, 1.54) is 0 Å². The van der Waals surface area contributed by atoms with Crippen molar-refractivity contribution in [2.24, 2.45) is 5.73 Å². The molecule has 108 valence electrons. The largest absolute Gasteiger partial charge is 0.497 e. The summed E-state index contributed by atoms with van der Waals surface area (Å²) >= 11 is 0. The highest BCUT2D eigenvalue weighted by molar-refractivity contribution is 7.85. The Labute approximate surface area is 116 Å². The van der Waals surface area contributed by atoms with E-state index in [1.807, 2.05) is 6.07 Å². The molecule has 0 amide bonds. The first-order valence-electron chi connectivity index (χ1n) is 5.93. The Morgan fingerprint density at radius 2 is 2.00 bits per heavy atom. The topological polar surface area (TPSA) is 70.8 Å². The molecule has 0 spiro atoms. The van der Waals surface area contributed by atoms with Gasteiger partial charge in [0.25, 0.3) is 0 Å². The van der Waals surface area contributed by atoms with E-state index in [-0.39, 0.29) is 6.04 Å². The van der Waals surface area contributed by atoms with Gasteiger partial charge in [0, 0.05) is 41.0 Å². The van der Waals surface area contributed by atoms with Crippen molar-refractivity contribution in [3.8, 4) is 11.5 Å². The smallest absolute Gasteiger partial charge is 0.123 e. The lowest BCUT2D eigenvalue weighted by Crippen LogP contribution is -2.21.